The lowest BCUT2D eigenvalue weighted by molar-refractivity contribution is -0.134. The van der Waals surface area contributed by atoms with Gasteiger partial charge in [-0.3, -0.25) is 19.2 Å². The van der Waals surface area contributed by atoms with Crippen LogP contribution in [0, 0.1) is 0 Å². The van der Waals surface area contributed by atoms with Crippen molar-refractivity contribution in [2.45, 2.75) is 0 Å². The highest BCUT2D eigenvalue weighted by Gasteiger charge is 2.36. The highest BCUT2D eigenvalue weighted by Crippen LogP contribution is 2.22. The molecule has 0 saturated heterocycles. The summed E-state index contributed by atoms with van der Waals surface area (Å²) < 4.78 is 0. The predicted octanol–water partition coefficient (Wildman–Crippen LogP) is 2.51. The number of amides is 3. The number of carbonyl (C=O) groups excluding carboxylic acids is 3. The lowest BCUT2D eigenvalue weighted by Crippen LogP contribution is -2.33. The molecule has 0 aliphatic carbocycles. The van der Waals surface area contributed by atoms with Gasteiger partial charge < -0.3 is 5.32 Å². The summed E-state index contributed by atoms with van der Waals surface area (Å²) >= 11 is 5.75. The molecule has 1 aliphatic rings. The lowest BCUT2D eigenvalue weighted by Gasteiger charge is -2.13. The molecule has 2 aromatic rings. The summed E-state index contributed by atoms with van der Waals surface area (Å²) in [5.74, 6) is -1.65. The fraction of sp³-hybridized carbons (Fsp3) is 0.0625. The Labute approximate surface area is 136 Å². The molecule has 7 heteroatoms. The van der Waals surface area contributed by atoms with Gasteiger partial charge >= 0.3 is 0 Å². The molecule has 1 N–H and O–H groups in total. The Morgan fingerprint density at radius 3 is 2.13 bits per heavy atom. The summed E-state index contributed by atoms with van der Waals surface area (Å²) in [6.45, 7) is -0.464. The fourth-order valence-electron chi connectivity index (χ4n) is 2.14. The number of fused-ring (bicyclic) bond motifs is 1. The Hall–Kier alpha value is -2.70. The first-order valence-electron chi connectivity index (χ1n) is 6.72. The molecule has 6 nitrogen and oxygen atoms in total. The minimum absolute atomic E-state index is 0.260. The van der Waals surface area contributed by atoms with Crippen molar-refractivity contribution in [2.75, 3.05) is 11.9 Å². The zero-order valence-corrected chi connectivity index (χ0v) is 12.5. The molecule has 0 spiro atoms. The molecule has 116 valence electrons. The first-order valence-corrected chi connectivity index (χ1v) is 7.10. The van der Waals surface area contributed by atoms with E-state index in [0.717, 1.165) is 0 Å². The Morgan fingerprint density at radius 1 is 1.00 bits per heavy atom. The van der Waals surface area contributed by atoms with Gasteiger partial charge in [-0.25, -0.2) is 0 Å². The molecule has 0 bridgehead atoms. The molecule has 2 aromatic carbocycles. The van der Waals surface area contributed by atoms with Crippen molar-refractivity contribution in [3.63, 3.8) is 0 Å². The second-order valence-electron chi connectivity index (χ2n) is 4.78. The SMILES string of the molecule is O=C(CON1C(=O)c2ccccc2C1=O)Nc1ccc(Cl)cc1. The molecule has 3 rings (SSSR count). The maximum absolute atomic E-state index is 12.0. The number of hydrogen-bond acceptors (Lipinski definition) is 4. The number of carbonyl (C=O) groups is 3. The quantitative estimate of drug-likeness (QED) is 0.874. The molecule has 0 aromatic heterocycles. The number of hydroxylamine groups is 2. The van der Waals surface area contributed by atoms with Gasteiger partial charge in [0.05, 0.1) is 11.1 Å². The molecular weight excluding hydrogens is 320 g/mol. The zero-order valence-electron chi connectivity index (χ0n) is 11.8. The fourth-order valence-corrected chi connectivity index (χ4v) is 2.26. The van der Waals surface area contributed by atoms with Gasteiger partial charge in [-0.05, 0) is 36.4 Å². The van der Waals surface area contributed by atoms with Gasteiger partial charge in [-0.1, -0.05) is 23.7 Å². The number of halogens is 1. The largest absolute Gasteiger partial charge is 0.324 e. The van der Waals surface area contributed by atoms with Gasteiger partial charge in [0.25, 0.3) is 17.7 Å². The number of rotatable bonds is 4. The number of benzene rings is 2. The highest BCUT2D eigenvalue weighted by molar-refractivity contribution is 6.30. The van der Waals surface area contributed by atoms with Crippen molar-refractivity contribution in [1.82, 2.24) is 5.06 Å². The standard InChI is InChI=1S/C16H11ClN2O4/c17-10-5-7-11(8-6-10)18-14(20)9-23-19-15(21)12-3-1-2-4-13(12)16(19)22/h1-8H,9H2,(H,18,20). The van der Waals surface area contributed by atoms with Crippen molar-refractivity contribution >= 4 is 35.0 Å². The minimum Gasteiger partial charge on any atom is -0.324 e. The second kappa shape index (κ2) is 6.20. The van der Waals surface area contributed by atoms with Crippen LogP contribution in [0.3, 0.4) is 0 Å². The number of nitrogens with one attached hydrogen (secondary N) is 1. The maximum atomic E-state index is 12.0. The third-order valence-corrected chi connectivity index (χ3v) is 3.46. The summed E-state index contributed by atoms with van der Waals surface area (Å²) in [7, 11) is 0. The maximum Gasteiger partial charge on any atom is 0.285 e. The van der Waals surface area contributed by atoms with E-state index in [1.807, 2.05) is 0 Å². The van der Waals surface area contributed by atoms with Crippen LogP contribution in [-0.2, 0) is 9.63 Å². The molecule has 3 amide bonds. The van der Waals surface area contributed by atoms with Crippen LogP contribution in [0.15, 0.2) is 48.5 Å². The molecule has 0 radical (unpaired) electrons. The predicted molar refractivity (Wildman–Crippen MR) is 83.0 cm³/mol. The second-order valence-corrected chi connectivity index (χ2v) is 5.22. The Kier molecular flexibility index (Phi) is 4.10. The Morgan fingerprint density at radius 2 is 1.57 bits per heavy atom. The van der Waals surface area contributed by atoms with Crippen LogP contribution >= 0.6 is 11.6 Å². The van der Waals surface area contributed by atoms with Gasteiger partial charge in [0.1, 0.15) is 0 Å². The van der Waals surface area contributed by atoms with Crippen LogP contribution in [0.4, 0.5) is 5.69 Å². The van der Waals surface area contributed by atoms with Crippen molar-refractivity contribution in [3.05, 3.63) is 64.7 Å². The molecule has 23 heavy (non-hydrogen) atoms. The smallest absolute Gasteiger partial charge is 0.285 e. The number of imide groups is 1. The van der Waals surface area contributed by atoms with Crippen LogP contribution in [-0.4, -0.2) is 29.4 Å². The first kappa shape index (κ1) is 15.2. The van der Waals surface area contributed by atoms with E-state index in [9.17, 15) is 14.4 Å². The van der Waals surface area contributed by atoms with Crippen LogP contribution in [0.1, 0.15) is 20.7 Å². The van der Waals surface area contributed by atoms with Gasteiger partial charge in [0.15, 0.2) is 6.61 Å². The molecule has 0 unspecified atom stereocenters. The van der Waals surface area contributed by atoms with Crippen molar-refractivity contribution in [2.24, 2.45) is 0 Å². The zero-order chi connectivity index (χ0) is 16.4. The third kappa shape index (κ3) is 3.08. The van der Waals surface area contributed by atoms with Crippen LogP contribution in [0.25, 0.3) is 0 Å². The molecule has 0 saturated carbocycles. The van der Waals surface area contributed by atoms with E-state index in [2.05, 4.69) is 5.32 Å². The molecular formula is C16H11ClN2O4. The monoisotopic (exact) mass is 330 g/mol. The molecule has 0 fully saturated rings. The van der Waals surface area contributed by atoms with Crippen LogP contribution in [0.5, 0.6) is 0 Å². The third-order valence-electron chi connectivity index (χ3n) is 3.21. The summed E-state index contributed by atoms with van der Waals surface area (Å²) in [6, 6.07) is 12.9. The van der Waals surface area contributed by atoms with Gasteiger partial charge in [-0.15, -0.1) is 5.06 Å². The average molecular weight is 331 g/mol. The Bertz CT molecular complexity index is 754. The van der Waals surface area contributed by atoms with E-state index in [4.69, 9.17) is 16.4 Å². The van der Waals surface area contributed by atoms with Crippen molar-refractivity contribution < 1.29 is 19.2 Å². The summed E-state index contributed by atoms with van der Waals surface area (Å²) in [5, 5.41) is 3.72. The van der Waals surface area contributed by atoms with Crippen molar-refractivity contribution in [3.8, 4) is 0 Å². The highest BCUT2D eigenvalue weighted by atomic mass is 35.5. The lowest BCUT2D eigenvalue weighted by atomic mass is 10.1. The van der Waals surface area contributed by atoms with Gasteiger partial charge in [-0.2, -0.15) is 0 Å². The molecule has 0 atom stereocenters. The van der Waals surface area contributed by atoms with E-state index in [-0.39, 0.29) is 11.1 Å². The minimum atomic E-state index is -0.579. The Balaban J connectivity index is 1.61. The average Bonchev–Trinajstić information content (AvgIpc) is 2.80. The summed E-state index contributed by atoms with van der Waals surface area (Å²) in [5.41, 5.74) is 1.05. The summed E-state index contributed by atoms with van der Waals surface area (Å²) in [6.07, 6.45) is 0. The molecule has 1 heterocycles. The van der Waals surface area contributed by atoms with Crippen LogP contribution in [0.2, 0.25) is 5.02 Å². The normalized spacial score (nSPS) is 13.2. The van der Waals surface area contributed by atoms with E-state index in [1.165, 1.54) is 12.1 Å². The number of hydrogen-bond donors (Lipinski definition) is 1. The van der Waals surface area contributed by atoms with Crippen molar-refractivity contribution in [1.29, 1.82) is 0 Å². The van der Waals surface area contributed by atoms with E-state index in [0.29, 0.717) is 15.8 Å². The van der Waals surface area contributed by atoms with Gasteiger partial charge in [0, 0.05) is 10.7 Å². The summed E-state index contributed by atoms with van der Waals surface area (Å²) in [4.78, 5) is 41.0. The van der Waals surface area contributed by atoms with E-state index < -0.39 is 24.3 Å². The topological polar surface area (TPSA) is 75.7 Å². The van der Waals surface area contributed by atoms with Crippen LogP contribution < -0.4 is 5.32 Å². The first-order chi connectivity index (χ1) is 11.1. The van der Waals surface area contributed by atoms with E-state index in [1.54, 1.807) is 36.4 Å². The van der Waals surface area contributed by atoms with Gasteiger partial charge in [0.2, 0.25) is 0 Å². The number of nitrogens with zero attached hydrogens (tertiary/aromatic N) is 1. The number of anilines is 1. The van der Waals surface area contributed by atoms with E-state index >= 15 is 0 Å². The molecule has 1 aliphatic heterocycles.